The summed E-state index contributed by atoms with van der Waals surface area (Å²) in [6, 6.07) is 0. The highest BCUT2D eigenvalue weighted by Crippen LogP contribution is 2.19. The molecule has 4 heteroatoms. The smallest absolute Gasteiger partial charge is 0.112 e. The molecule has 0 radical (unpaired) electrons. The molecule has 1 saturated heterocycles. The average molecular weight is 174 g/mol. The van der Waals surface area contributed by atoms with Crippen LogP contribution in [-0.4, -0.2) is 46.3 Å². The third-order valence-corrected chi connectivity index (χ3v) is 1.99. The van der Waals surface area contributed by atoms with Crippen molar-refractivity contribution in [3.05, 3.63) is 12.2 Å². The fourth-order valence-electron chi connectivity index (χ4n) is 1.24. The molecule has 1 fully saturated rings. The second kappa shape index (κ2) is 3.53. The molecule has 0 aromatic heterocycles. The van der Waals surface area contributed by atoms with Gasteiger partial charge < -0.3 is 20.1 Å². The summed E-state index contributed by atoms with van der Waals surface area (Å²) in [5, 5.41) is 27.7. The quantitative estimate of drug-likeness (QED) is 0.448. The van der Waals surface area contributed by atoms with E-state index < -0.39 is 24.4 Å². The van der Waals surface area contributed by atoms with Gasteiger partial charge in [-0.05, 0) is 12.5 Å². The first-order valence-electron chi connectivity index (χ1n) is 3.85. The summed E-state index contributed by atoms with van der Waals surface area (Å²) in [5.41, 5.74) is 0.647. The second-order valence-corrected chi connectivity index (χ2v) is 3.15. The van der Waals surface area contributed by atoms with Crippen molar-refractivity contribution in [2.75, 3.05) is 6.61 Å². The van der Waals surface area contributed by atoms with Crippen LogP contribution in [0, 0.1) is 0 Å². The molecule has 1 aliphatic heterocycles. The van der Waals surface area contributed by atoms with E-state index in [9.17, 15) is 10.2 Å². The lowest BCUT2D eigenvalue weighted by molar-refractivity contribution is -0.176. The first-order valence-corrected chi connectivity index (χ1v) is 3.85. The van der Waals surface area contributed by atoms with Crippen LogP contribution in [0.1, 0.15) is 6.92 Å². The van der Waals surface area contributed by atoms with Gasteiger partial charge in [0.1, 0.15) is 24.4 Å². The van der Waals surface area contributed by atoms with E-state index in [1.54, 1.807) is 6.92 Å². The van der Waals surface area contributed by atoms with E-state index in [1.165, 1.54) is 0 Å². The number of rotatable bonds is 1. The minimum atomic E-state index is -1.14. The van der Waals surface area contributed by atoms with Crippen LogP contribution in [0.4, 0.5) is 0 Å². The Hall–Kier alpha value is -0.420. The average Bonchev–Trinajstić information content (AvgIpc) is 2.00. The molecule has 0 unspecified atom stereocenters. The fourth-order valence-corrected chi connectivity index (χ4v) is 1.24. The zero-order valence-corrected chi connectivity index (χ0v) is 6.97. The summed E-state index contributed by atoms with van der Waals surface area (Å²) in [6.07, 6.45) is -3.79. The second-order valence-electron chi connectivity index (χ2n) is 3.15. The van der Waals surface area contributed by atoms with Crippen molar-refractivity contribution in [2.45, 2.75) is 31.3 Å². The van der Waals surface area contributed by atoms with E-state index in [-0.39, 0.29) is 6.61 Å². The molecule has 0 spiro atoms. The van der Waals surface area contributed by atoms with Gasteiger partial charge in [-0.15, -0.1) is 0 Å². The van der Waals surface area contributed by atoms with Gasteiger partial charge in [0.2, 0.25) is 0 Å². The van der Waals surface area contributed by atoms with Crippen LogP contribution in [0.15, 0.2) is 12.2 Å². The van der Waals surface area contributed by atoms with E-state index in [2.05, 4.69) is 6.58 Å². The highest BCUT2D eigenvalue weighted by molar-refractivity contribution is 5.05. The summed E-state index contributed by atoms with van der Waals surface area (Å²) in [5.74, 6) is 0. The van der Waals surface area contributed by atoms with Gasteiger partial charge in [0.15, 0.2) is 0 Å². The largest absolute Gasteiger partial charge is 0.388 e. The zero-order chi connectivity index (χ0) is 9.30. The Labute approximate surface area is 71.1 Å². The zero-order valence-electron chi connectivity index (χ0n) is 6.97. The predicted molar refractivity (Wildman–Crippen MR) is 42.6 cm³/mol. The highest BCUT2D eigenvalue weighted by Gasteiger charge is 2.37. The lowest BCUT2D eigenvalue weighted by Crippen LogP contribution is -2.53. The van der Waals surface area contributed by atoms with E-state index in [0.717, 1.165) is 0 Å². The molecule has 1 aliphatic rings. The highest BCUT2D eigenvalue weighted by atomic mass is 16.5. The molecule has 0 saturated carbocycles. The Bertz CT molecular complexity index is 180. The van der Waals surface area contributed by atoms with Gasteiger partial charge in [0.05, 0.1) is 6.61 Å². The molecular formula is C8H14O4. The molecule has 0 bridgehead atoms. The number of aliphatic hydroxyl groups is 3. The van der Waals surface area contributed by atoms with E-state index in [4.69, 9.17) is 9.84 Å². The number of aliphatic hydroxyl groups excluding tert-OH is 3. The van der Waals surface area contributed by atoms with Crippen LogP contribution in [0.3, 0.4) is 0 Å². The first-order chi connectivity index (χ1) is 5.54. The van der Waals surface area contributed by atoms with Crippen LogP contribution >= 0.6 is 0 Å². The molecule has 1 heterocycles. The van der Waals surface area contributed by atoms with Gasteiger partial charge in [-0.1, -0.05) is 6.58 Å². The van der Waals surface area contributed by atoms with Gasteiger partial charge in [-0.25, -0.2) is 0 Å². The third-order valence-electron chi connectivity index (χ3n) is 1.99. The van der Waals surface area contributed by atoms with Crippen molar-refractivity contribution in [3.8, 4) is 0 Å². The third kappa shape index (κ3) is 1.67. The molecular weight excluding hydrogens is 160 g/mol. The van der Waals surface area contributed by atoms with Crippen molar-refractivity contribution in [2.24, 2.45) is 0 Å². The first kappa shape index (κ1) is 9.67. The molecule has 0 aromatic carbocycles. The van der Waals surface area contributed by atoms with E-state index >= 15 is 0 Å². The van der Waals surface area contributed by atoms with Gasteiger partial charge in [-0.3, -0.25) is 0 Å². The molecule has 0 aromatic rings. The molecule has 0 amide bonds. The van der Waals surface area contributed by atoms with Crippen LogP contribution in [-0.2, 0) is 4.74 Å². The van der Waals surface area contributed by atoms with Crippen molar-refractivity contribution in [1.29, 1.82) is 0 Å². The van der Waals surface area contributed by atoms with Crippen LogP contribution in [0.5, 0.6) is 0 Å². The lowest BCUT2D eigenvalue weighted by Gasteiger charge is -2.35. The molecule has 4 nitrogen and oxygen atoms in total. The maximum Gasteiger partial charge on any atom is 0.112 e. The topological polar surface area (TPSA) is 69.9 Å². The summed E-state index contributed by atoms with van der Waals surface area (Å²) < 4.78 is 5.07. The fraction of sp³-hybridized carbons (Fsp3) is 0.750. The SMILES string of the molecule is C=C(C)[C@H]1OC[C@H](O)[C@@H](O)[C@@H]1O. The summed E-state index contributed by atoms with van der Waals surface area (Å²) in [6.45, 7) is 5.36. The Kier molecular flexibility index (Phi) is 2.85. The Morgan fingerprint density at radius 2 is 1.92 bits per heavy atom. The van der Waals surface area contributed by atoms with Gasteiger partial charge >= 0.3 is 0 Å². The Balaban J connectivity index is 2.65. The van der Waals surface area contributed by atoms with Crippen LogP contribution < -0.4 is 0 Å². The summed E-state index contributed by atoms with van der Waals surface area (Å²) in [4.78, 5) is 0. The molecule has 70 valence electrons. The van der Waals surface area contributed by atoms with E-state index in [1.807, 2.05) is 0 Å². The van der Waals surface area contributed by atoms with Crippen molar-refractivity contribution < 1.29 is 20.1 Å². The molecule has 0 aliphatic carbocycles. The monoisotopic (exact) mass is 174 g/mol. The molecule has 4 atom stereocenters. The van der Waals surface area contributed by atoms with Gasteiger partial charge in [0, 0.05) is 0 Å². The minimum Gasteiger partial charge on any atom is -0.388 e. The van der Waals surface area contributed by atoms with Crippen molar-refractivity contribution in [1.82, 2.24) is 0 Å². The maximum atomic E-state index is 9.38. The summed E-state index contributed by atoms with van der Waals surface area (Å²) in [7, 11) is 0. The van der Waals surface area contributed by atoms with E-state index in [0.29, 0.717) is 5.57 Å². The van der Waals surface area contributed by atoms with Gasteiger partial charge in [0.25, 0.3) is 0 Å². The summed E-state index contributed by atoms with van der Waals surface area (Å²) >= 11 is 0. The Morgan fingerprint density at radius 1 is 1.33 bits per heavy atom. The normalized spacial score (nSPS) is 42.7. The van der Waals surface area contributed by atoms with Crippen molar-refractivity contribution in [3.63, 3.8) is 0 Å². The standard InChI is InChI=1S/C8H14O4/c1-4(2)8-7(11)6(10)5(9)3-12-8/h5-11H,1,3H2,2H3/t5-,6+,7-,8+/m0/s1. The maximum absolute atomic E-state index is 9.38. The number of hydrogen-bond donors (Lipinski definition) is 3. The molecule has 12 heavy (non-hydrogen) atoms. The number of hydrogen-bond acceptors (Lipinski definition) is 4. The van der Waals surface area contributed by atoms with Crippen molar-refractivity contribution >= 4 is 0 Å². The van der Waals surface area contributed by atoms with Crippen LogP contribution in [0.2, 0.25) is 0 Å². The Morgan fingerprint density at radius 3 is 2.42 bits per heavy atom. The van der Waals surface area contributed by atoms with Crippen LogP contribution in [0.25, 0.3) is 0 Å². The predicted octanol–water partition coefficient (Wildman–Crippen LogP) is -0.956. The molecule has 1 rings (SSSR count). The molecule has 3 N–H and O–H groups in total. The number of ether oxygens (including phenoxy) is 1. The minimum absolute atomic E-state index is 0.0375. The lowest BCUT2D eigenvalue weighted by atomic mass is 9.96. The van der Waals surface area contributed by atoms with Gasteiger partial charge in [-0.2, -0.15) is 0 Å².